The summed E-state index contributed by atoms with van der Waals surface area (Å²) in [6, 6.07) is 42.3. The first-order valence-electron chi connectivity index (χ1n) is 17.0. The maximum atomic E-state index is 14.0. The van der Waals surface area contributed by atoms with Gasteiger partial charge >= 0.3 is 0 Å². The highest BCUT2D eigenvalue weighted by Gasteiger charge is 2.33. The average molecular weight is 673 g/mol. The van der Waals surface area contributed by atoms with E-state index in [-0.39, 0.29) is 24.1 Å². The van der Waals surface area contributed by atoms with E-state index in [1.807, 2.05) is 60.7 Å². The van der Waals surface area contributed by atoms with Crippen molar-refractivity contribution in [1.82, 2.24) is 0 Å². The molecule has 1 aliphatic rings. The van der Waals surface area contributed by atoms with Crippen LogP contribution in [0.5, 0.6) is 5.75 Å². The molecule has 0 N–H and O–H groups in total. The molecule has 3 unspecified atom stereocenters. The van der Waals surface area contributed by atoms with E-state index in [4.69, 9.17) is 18.9 Å². The number of benzene rings is 5. The molecule has 3 atom stereocenters. The van der Waals surface area contributed by atoms with Crippen LogP contribution in [0.1, 0.15) is 57.2 Å². The Labute approximate surface area is 292 Å². The van der Waals surface area contributed by atoms with Crippen LogP contribution in [-0.2, 0) is 40.5 Å². The van der Waals surface area contributed by atoms with Crippen LogP contribution in [0.25, 0.3) is 10.1 Å². The molecule has 2 heterocycles. The summed E-state index contributed by atoms with van der Waals surface area (Å²) in [5, 5.41) is 0.938. The Morgan fingerprint density at radius 3 is 2.12 bits per heavy atom. The lowest BCUT2D eigenvalue weighted by atomic mass is 9.92. The second kappa shape index (κ2) is 15.9. The lowest BCUT2D eigenvalue weighted by Gasteiger charge is -2.36. The van der Waals surface area contributed by atoms with Crippen LogP contribution in [-0.4, -0.2) is 18.8 Å². The zero-order valence-corrected chi connectivity index (χ0v) is 28.5. The number of hydrogen-bond acceptors (Lipinski definition) is 5. The Morgan fingerprint density at radius 1 is 0.735 bits per heavy atom. The maximum Gasteiger partial charge on any atom is 0.125 e. The van der Waals surface area contributed by atoms with Gasteiger partial charge < -0.3 is 18.9 Å². The van der Waals surface area contributed by atoms with Crippen molar-refractivity contribution in [2.75, 3.05) is 6.61 Å². The van der Waals surface area contributed by atoms with Gasteiger partial charge in [-0.1, -0.05) is 91.0 Å². The van der Waals surface area contributed by atoms with E-state index >= 15 is 0 Å². The summed E-state index contributed by atoms with van der Waals surface area (Å²) in [6.07, 6.45) is 1.77. The fourth-order valence-corrected chi connectivity index (χ4v) is 7.55. The Hall–Kier alpha value is -4.33. The molecule has 0 radical (unpaired) electrons. The quantitative estimate of drug-likeness (QED) is 0.122. The van der Waals surface area contributed by atoms with Crippen molar-refractivity contribution < 1.29 is 23.3 Å². The van der Waals surface area contributed by atoms with Crippen molar-refractivity contribution in [1.29, 1.82) is 0 Å². The minimum Gasteiger partial charge on any atom is -0.489 e. The molecule has 1 aliphatic heterocycles. The third kappa shape index (κ3) is 8.83. The zero-order chi connectivity index (χ0) is 33.4. The zero-order valence-electron chi connectivity index (χ0n) is 27.7. The maximum absolute atomic E-state index is 14.0. The molecule has 250 valence electrons. The molecule has 5 aromatic carbocycles. The Morgan fingerprint density at radius 2 is 1.41 bits per heavy atom. The lowest BCUT2D eigenvalue weighted by Crippen LogP contribution is -2.36. The highest BCUT2D eigenvalue weighted by Crippen LogP contribution is 2.40. The summed E-state index contributed by atoms with van der Waals surface area (Å²) >= 11 is 1.71. The molecule has 49 heavy (non-hydrogen) atoms. The van der Waals surface area contributed by atoms with Gasteiger partial charge in [-0.05, 0) is 76.5 Å². The highest BCUT2D eigenvalue weighted by molar-refractivity contribution is 7.19. The summed E-state index contributed by atoms with van der Waals surface area (Å²) in [5.41, 5.74) is 6.75. The van der Waals surface area contributed by atoms with E-state index < -0.39 is 0 Å². The molecule has 6 aromatic rings. The molecule has 1 aromatic heterocycles. The van der Waals surface area contributed by atoms with E-state index in [2.05, 4.69) is 61.5 Å². The Kier molecular flexibility index (Phi) is 10.8. The summed E-state index contributed by atoms with van der Waals surface area (Å²) < 4.78 is 41.3. The van der Waals surface area contributed by atoms with Gasteiger partial charge in [0.15, 0.2) is 0 Å². The molecule has 6 heteroatoms. The van der Waals surface area contributed by atoms with Gasteiger partial charge in [-0.15, -0.1) is 11.3 Å². The molecule has 0 amide bonds. The van der Waals surface area contributed by atoms with Crippen LogP contribution in [0.2, 0.25) is 0 Å². The topological polar surface area (TPSA) is 36.9 Å². The second-order valence-electron chi connectivity index (χ2n) is 12.8. The number of hydrogen-bond donors (Lipinski definition) is 0. The predicted molar refractivity (Wildman–Crippen MR) is 195 cm³/mol. The van der Waals surface area contributed by atoms with Crippen LogP contribution in [0.15, 0.2) is 127 Å². The van der Waals surface area contributed by atoms with Crippen LogP contribution in [0.4, 0.5) is 4.39 Å². The summed E-state index contributed by atoms with van der Waals surface area (Å²) in [4.78, 5) is 1.19. The van der Waals surface area contributed by atoms with Gasteiger partial charge in [0.05, 0.1) is 38.1 Å². The highest BCUT2D eigenvalue weighted by atomic mass is 32.1. The van der Waals surface area contributed by atoms with Gasteiger partial charge in [-0.2, -0.15) is 0 Å². The van der Waals surface area contributed by atoms with Crippen LogP contribution in [0, 0.1) is 12.7 Å². The molecule has 4 nitrogen and oxygen atoms in total. The van der Waals surface area contributed by atoms with E-state index in [0.29, 0.717) is 32.8 Å². The molecule has 0 saturated carbocycles. The van der Waals surface area contributed by atoms with Crippen molar-refractivity contribution >= 4 is 21.4 Å². The van der Waals surface area contributed by atoms with Crippen molar-refractivity contribution in [3.05, 3.63) is 171 Å². The fraction of sp³-hybridized carbons (Fsp3) is 0.256. The molecule has 7 rings (SSSR count). The third-order valence-electron chi connectivity index (χ3n) is 9.05. The van der Waals surface area contributed by atoms with Crippen molar-refractivity contribution in [3.8, 4) is 5.75 Å². The first-order chi connectivity index (χ1) is 24.1. The minimum absolute atomic E-state index is 0.0199. The standard InChI is InChI=1S/C43H41FO4S/c1-30-19-41(47-28-33-15-9-4-10-16-33)40(23-34(30)21-39-22-35-20-36(44)17-18-43(35)49-39)42-25-37(46-27-32-13-7-3-8-14-32)24-38(48-42)29-45-26-31-11-5-2-6-12-31/h2-20,22-23,37-38,42H,21,24-29H2,1H3. The molecular weight excluding hydrogens is 632 g/mol. The summed E-state index contributed by atoms with van der Waals surface area (Å²) in [6.45, 7) is 4.13. The van der Waals surface area contributed by atoms with E-state index in [1.54, 1.807) is 17.4 Å². The number of halogens is 1. The first-order valence-corrected chi connectivity index (χ1v) is 17.8. The average Bonchev–Trinajstić information content (AvgIpc) is 3.53. The smallest absolute Gasteiger partial charge is 0.125 e. The van der Waals surface area contributed by atoms with E-state index in [9.17, 15) is 4.39 Å². The van der Waals surface area contributed by atoms with Crippen LogP contribution in [0.3, 0.4) is 0 Å². The van der Waals surface area contributed by atoms with Gasteiger partial charge in [-0.25, -0.2) is 4.39 Å². The van der Waals surface area contributed by atoms with Gasteiger partial charge in [0.1, 0.15) is 18.2 Å². The second-order valence-corrected chi connectivity index (χ2v) is 14.0. The van der Waals surface area contributed by atoms with Crippen molar-refractivity contribution in [2.45, 2.75) is 64.3 Å². The Bertz CT molecular complexity index is 1940. The molecular formula is C43H41FO4S. The predicted octanol–water partition coefficient (Wildman–Crippen LogP) is 10.5. The third-order valence-corrected chi connectivity index (χ3v) is 10.2. The van der Waals surface area contributed by atoms with Crippen molar-refractivity contribution in [3.63, 3.8) is 0 Å². The SMILES string of the molecule is Cc1cc(OCc2ccccc2)c(C2CC(OCc3ccccc3)CC(COCc3ccccc3)O2)cc1Cc1cc2cc(F)ccc2s1. The monoisotopic (exact) mass is 672 g/mol. The number of thiophene rings is 1. The van der Waals surface area contributed by atoms with E-state index in [0.717, 1.165) is 56.5 Å². The van der Waals surface area contributed by atoms with E-state index in [1.165, 1.54) is 16.5 Å². The largest absolute Gasteiger partial charge is 0.489 e. The molecule has 0 aliphatic carbocycles. The normalized spacial score (nSPS) is 17.7. The van der Waals surface area contributed by atoms with Gasteiger partial charge in [0.2, 0.25) is 0 Å². The van der Waals surface area contributed by atoms with Gasteiger partial charge in [0, 0.05) is 34.4 Å². The molecule has 0 bridgehead atoms. The molecule has 1 fully saturated rings. The lowest BCUT2D eigenvalue weighted by molar-refractivity contribution is -0.142. The van der Waals surface area contributed by atoms with Gasteiger partial charge in [-0.3, -0.25) is 0 Å². The molecule has 1 saturated heterocycles. The van der Waals surface area contributed by atoms with Gasteiger partial charge in [0.25, 0.3) is 0 Å². The number of fused-ring (bicyclic) bond motifs is 1. The fourth-order valence-electron chi connectivity index (χ4n) is 6.48. The van der Waals surface area contributed by atoms with Crippen molar-refractivity contribution in [2.24, 2.45) is 0 Å². The number of rotatable bonds is 13. The first kappa shape index (κ1) is 33.2. The summed E-state index contributed by atoms with van der Waals surface area (Å²) in [5.74, 6) is 0.609. The number of aryl methyl sites for hydroxylation is 1. The number of ether oxygens (including phenoxy) is 4. The summed E-state index contributed by atoms with van der Waals surface area (Å²) in [7, 11) is 0. The van der Waals surface area contributed by atoms with Crippen LogP contribution >= 0.6 is 11.3 Å². The minimum atomic E-state index is -0.249. The van der Waals surface area contributed by atoms with Crippen LogP contribution < -0.4 is 4.74 Å². The molecule has 0 spiro atoms. The Balaban J connectivity index is 1.17.